The van der Waals surface area contributed by atoms with Crippen molar-refractivity contribution in [2.45, 2.75) is 50.0 Å². The lowest BCUT2D eigenvalue weighted by Gasteiger charge is -2.39. The van der Waals surface area contributed by atoms with Crippen LogP contribution in [0.15, 0.2) is 18.2 Å². The van der Waals surface area contributed by atoms with Crippen molar-refractivity contribution < 1.29 is 23.6 Å². The van der Waals surface area contributed by atoms with Gasteiger partial charge in [0.1, 0.15) is 11.7 Å². The van der Waals surface area contributed by atoms with E-state index in [2.05, 4.69) is 10.6 Å². The van der Waals surface area contributed by atoms with Crippen LogP contribution < -0.4 is 16.4 Å². The van der Waals surface area contributed by atoms with Gasteiger partial charge in [-0.25, -0.2) is 4.39 Å². The first-order valence-corrected chi connectivity index (χ1v) is 9.27. The summed E-state index contributed by atoms with van der Waals surface area (Å²) >= 11 is 0. The Kier molecular flexibility index (Phi) is 4.51. The lowest BCUT2D eigenvalue weighted by molar-refractivity contribution is -0.136. The van der Waals surface area contributed by atoms with Gasteiger partial charge in [0, 0.05) is 25.6 Å². The van der Waals surface area contributed by atoms with Crippen LogP contribution in [0.3, 0.4) is 0 Å². The Hall–Kier alpha value is -2.65. The predicted molar refractivity (Wildman–Crippen MR) is 95.9 cm³/mol. The van der Waals surface area contributed by atoms with E-state index in [4.69, 9.17) is 5.73 Å². The fraction of sp³-hybridized carbons (Fsp3) is 0.474. The number of halogens is 1. The third kappa shape index (κ3) is 3.20. The van der Waals surface area contributed by atoms with Gasteiger partial charge in [-0.2, -0.15) is 0 Å². The number of benzene rings is 1. The van der Waals surface area contributed by atoms with E-state index < -0.39 is 35.3 Å². The molecule has 1 atom stereocenters. The normalized spacial score (nSPS) is 29.6. The maximum absolute atomic E-state index is 14.2. The highest BCUT2D eigenvalue weighted by Crippen LogP contribution is 2.34. The van der Waals surface area contributed by atoms with Crippen LogP contribution in [0.5, 0.6) is 0 Å². The second-order valence-corrected chi connectivity index (χ2v) is 7.75. The zero-order valence-corrected chi connectivity index (χ0v) is 15.2. The standard InChI is InChI=1S/C19H21FN4O4/c20-19(6-11(21)7-19)9-22-8-10-1-2-12-13(5-10)18(28)24(17(12)27)14-3-4-15(25)23-16(14)26/h1-2,5,11,14,22H,3-4,6-9,21H2,(H,23,25,26). The summed E-state index contributed by atoms with van der Waals surface area (Å²) in [6, 6.07) is 3.76. The molecule has 0 bridgehead atoms. The van der Waals surface area contributed by atoms with Crippen molar-refractivity contribution in [3.63, 3.8) is 0 Å². The molecule has 2 heterocycles. The number of hydrogen-bond donors (Lipinski definition) is 3. The SMILES string of the molecule is NC1CC(F)(CNCc2ccc3c(c2)C(=O)N(C2CCC(=O)NC2=O)C3=O)C1. The van der Waals surface area contributed by atoms with Crippen LogP contribution in [-0.4, -0.2) is 52.8 Å². The van der Waals surface area contributed by atoms with Crippen molar-refractivity contribution in [2.75, 3.05) is 6.54 Å². The largest absolute Gasteiger partial charge is 0.327 e. The number of carbonyl (C=O) groups excluding carboxylic acids is 4. The number of fused-ring (bicyclic) bond motifs is 1. The highest BCUT2D eigenvalue weighted by atomic mass is 19.1. The van der Waals surface area contributed by atoms with Gasteiger partial charge >= 0.3 is 0 Å². The van der Waals surface area contributed by atoms with Crippen LogP contribution in [0.25, 0.3) is 0 Å². The number of amides is 4. The van der Waals surface area contributed by atoms with Crippen LogP contribution >= 0.6 is 0 Å². The van der Waals surface area contributed by atoms with E-state index >= 15 is 0 Å². The number of rotatable bonds is 5. The summed E-state index contributed by atoms with van der Waals surface area (Å²) in [5, 5.41) is 5.19. The zero-order chi connectivity index (χ0) is 20.1. The minimum absolute atomic E-state index is 0.0770. The van der Waals surface area contributed by atoms with Crippen molar-refractivity contribution in [3.8, 4) is 0 Å². The molecule has 1 saturated heterocycles. The van der Waals surface area contributed by atoms with Crippen LogP contribution in [0.1, 0.15) is 52.0 Å². The molecule has 1 aromatic rings. The van der Waals surface area contributed by atoms with Gasteiger partial charge in [0.15, 0.2) is 0 Å². The average Bonchev–Trinajstić information content (AvgIpc) is 2.85. The lowest BCUT2D eigenvalue weighted by Crippen LogP contribution is -2.54. The minimum Gasteiger partial charge on any atom is -0.327 e. The molecule has 28 heavy (non-hydrogen) atoms. The topological polar surface area (TPSA) is 122 Å². The molecule has 148 valence electrons. The Labute approximate surface area is 160 Å². The van der Waals surface area contributed by atoms with Crippen molar-refractivity contribution in [1.82, 2.24) is 15.5 Å². The average molecular weight is 388 g/mol. The van der Waals surface area contributed by atoms with Gasteiger partial charge in [-0.1, -0.05) is 6.07 Å². The molecule has 9 heteroatoms. The number of nitrogens with two attached hydrogens (primary N) is 1. The molecule has 2 fully saturated rings. The molecule has 1 unspecified atom stereocenters. The maximum Gasteiger partial charge on any atom is 0.262 e. The van der Waals surface area contributed by atoms with E-state index in [0.29, 0.717) is 19.4 Å². The van der Waals surface area contributed by atoms with E-state index in [-0.39, 0.29) is 36.6 Å². The molecule has 8 nitrogen and oxygen atoms in total. The summed E-state index contributed by atoms with van der Waals surface area (Å²) < 4.78 is 14.2. The Balaban J connectivity index is 1.45. The summed E-state index contributed by atoms with van der Waals surface area (Å²) in [6.07, 6.45) is 0.856. The van der Waals surface area contributed by atoms with Crippen LogP contribution in [0, 0.1) is 0 Å². The first kappa shape index (κ1) is 18.7. The number of alkyl halides is 1. The molecule has 0 spiro atoms. The second-order valence-electron chi connectivity index (χ2n) is 7.75. The fourth-order valence-electron chi connectivity index (χ4n) is 4.08. The van der Waals surface area contributed by atoms with E-state index in [9.17, 15) is 23.6 Å². The van der Waals surface area contributed by atoms with Gasteiger partial charge in [0.25, 0.3) is 11.8 Å². The molecule has 2 aliphatic heterocycles. The van der Waals surface area contributed by atoms with E-state index in [0.717, 1.165) is 10.5 Å². The Morgan fingerprint density at radius 2 is 1.89 bits per heavy atom. The van der Waals surface area contributed by atoms with Crippen LogP contribution in [0.2, 0.25) is 0 Å². The molecule has 1 saturated carbocycles. The molecule has 3 aliphatic rings. The van der Waals surface area contributed by atoms with Gasteiger partial charge < -0.3 is 11.1 Å². The van der Waals surface area contributed by atoms with Crippen LogP contribution in [0.4, 0.5) is 4.39 Å². The van der Waals surface area contributed by atoms with Gasteiger partial charge in [-0.15, -0.1) is 0 Å². The van der Waals surface area contributed by atoms with E-state index in [1.54, 1.807) is 18.2 Å². The van der Waals surface area contributed by atoms with Crippen molar-refractivity contribution in [3.05, 3.63) is 34.9 Å². The Morgan fingerprint density at radius 1 is 1.18 bits per heavy atom. The van der Waals surface area contributed by atoms with Crippen molar-refractivity contribution in [1.29, 1.82) is 0 Å². The fourth-order valence-corrected chi connectivity index (χ4v) is 4.08. The molecular weight excluding hydrogens is 367 g/mol. The predicted octanol–water partition coefficient (Wildman–Crippen LogP) is 0.00680. The third-order valence-electron chi connectivity index (χ3n) is 5.53. The molecular formula is C19H21FN4O4. The second kappa shape index (κ2) is 6.75. The molecule has 1 aliphatic carbocycles. The number of imide groups is 2. The smallest absolute Gasteiger partial charge is 0.262 e. The zero-order valence-electron chi connectivity index (χ0n) is 15.2. The molecule has 0 radical (unpaired) electrons. The molecule has 0 aromatic heterocycles. The lowest BCUT2D eigenvalue weighted by atomic mass is 9.78. The molecule has 4 amide bonds. The summed E-state index contributed by atoms with van der Waals surface area (Å²) in [6.45, 7) is 0.515. The van der Waals surface area contributed by atoms with Gasteiger partial charge in [0.05, 0.1) is 11.1 Å². The van der Waals surface area contributed by atoms with E-state index in [1.165, 1.54) is 0 Å². The van der Waals surface area contributed by atoms with Crippen LogP contribution in [-0.2, 0) is 16.1 Å². The highest BCUT2D eigenvalue weighted by molar-refractivity contribution is 6.23. The number of piperidine rings is 1. The summed E-state index contributed by atoms with van der Waals surface area (Å²) in [7, 11) is 0. The number of nitrogens with zero attached hydrogens (tertiary/aromatic N) is 1. The van der Waals surface area contributed by atoms with Crippen molar-refractivity contribution >= 4 is 23.6 Å². The summed E-state index contributed by atoms with van der Waals surface area (Å²) in [5.74, 6) is -2.15. The summed E-state index contributed by atoms with van der Waals surface area (Å²) in [5.41, 5.74) is 5.52. The van der Waals surface area contributed by atoms with Gasteiger partial charge in [-0.3, -0.25) is 29.4 Å². The number of hydrogen-bond acceptors (Lipinski definition) is 6. The first-order chi connectivity index (χ1) is 13.3. The molecule has 4 rings (SSSR count). The van der Waals surface area contributed by atoms with E-state index in [1.807, 2.05) is 0 Å². The monoisotopic (exact) mass is 388 g/mol. The Bertz CT molecular complexity index is 881. The summed E-state index contributed by atoms with van der Waals surface area (Å²) in [4.78, 5) is 49.7. The van der Waals surface area contributed by atoms with Gasteiger partial charge in [-0.05, 0) is 37.0 Å². The van der Waals surface area contributed by atoms with Crippen molar-refractivity contribution in [2.24, 2.45) is 5.73 Å². The number of nitrogens with one attached hydrogen (secondary N) is 2. The number of carbonyl (C=O) groups is 4. The highest BCUT2D eigenvalue weighted by Gasteiger charge is 2.45. The first-order valence-electron chi connectivity index (χ1n) is 9.27. The molecule has 1 aromatic carbocycles. The third-order valence-corrected chi connectivity index (χ3v) is 5.53. The molecule has 4 N–H and O–H groups in total. The quantitative estimate of drug-likeness (QED) is 0.611. The van der Waals surface area contributed by atoms with Gasteiger partial charge in [0.2, 0.25) is 11.8 Å². The maximum atomic E-state index is 14.2. The minimum atomic E-state index is -1.29. The Morgan fingerprint density at radius 3 is 2.57 bits per heavy atom.